The van der Waals surface area contributed by atoms with Crippen LogP contribution in [0.15, 0.2) is 91.4 Å². The zero-order chi connectivity index (χ0) is 22.5. The fourth-order valence-corrected chi connectivity index (χ4v) is 3.69. The molecule has 0 atom stereocenters. The molecule has 0 unspecified atom stereocenters. The lowest BCUT2D eigenvalue weighted by Crippen LogP contribution is -2.05. The first-order chi connectivity index (χ1) is 16.3. The van der Waals surface area contributed by atoms with Crippen LogP contribution < -0.4 is 4.74 Å². The molecule has 0 aliphatic heterocycles. The zero-order valence-electron chi connectivity index (χ0n) is 18.4. The Bertz CT molecular complexity index is 1350. The molecule has 3 heterocycles. The Kier molecular flexibility index (Phi) is 6.08. The number of hydrogen-bond donors (Lipinski definition) is 0. The van der Waals surface area contributed by atoms with Crippen LogP contribution in [0.3, 0.4) is 0 Å². The fourth-order valence-electron chi connectivity index (χ4n) is 3.69. The predicted octanol–water partition coefficient (Wildman–Crippen LogP) is 5.39. The summed E-state index contributed by atoms with van der Waals surface area (Å²) in [4.78, 5) is 8.89. The van der Waals surface area contributed by atoms with Crippen molar-refractivity contribution < 1.29 is 9.47 Å². The van der Waals surface area contributed by atoms with Gasteiger partial charge in [0.1, 0.15) is 6.61 Å². The topological polar surface area (TPSA) is 62.1 Å². The molecule has 5 aromatic rings. The Morgan fingerprint density at radius 3 is 2.48 bits per heavy atom. The molecule has 0 amide bonds. The van der Waals surface area contributed by atoms with Gasteiger partial charge >= 0.3 is 0 Å². The number of methoxy groups -OCH3 is 1. The van der Waals surface area contributed by atoms with Crippen LogP contribution in [-0.2, 0) is 17.9 Å². The number of hydrogen-bond acceptors (Lipinski definition) is 5. The summed E-state index contributed by atoms with van der Waals surface area (Å²) in [7, 11) is 1.68. The lowest BCUT2D eigenvalue weighted by molar-refractivity contribution is 0.182. The van der Waals surface area contributed by atoms with Gasteiger partial charge in [-0.1, -0.05) is 48.5 Å². The van der Waals surface area contributed by atoms with E-state index in [9.17, 15) is 0 Å². The van der Waals surface area contributed by atoms with Crippen molar-refractivity contribution in [2.45, 2.75) is 13.2 Å². The summed E-state index contributed by atoms with van der Waals surface area (Å²) in [5, 5.41) is 5.76. The third kappa shape index (κ3) is 4.76. The van der Waals surface area contributed by atoms with Gasteiger partial charge in [-0.3, -0.25) is 9.67 Å². The quantitative estimate of drug-likeness (QED) is 0.327. The maximum absolute atomic E-state index is 6.13. The van der Waals surface area contributed by atoms with E-state index in [1.54, 1.807) is 19.5 Å². The predicted molar refractivity (Wildman–Crippen MR) is 129 cm³/mol. The molecule has 0 fully saturated rings. The molecular formula is C27H24N4O2. The minimum absolute atomic E-state index is 0.421. The molecule has 0 saturated heterocycles. The molecule has 0 N–H and O–H groups in total. The standard InChI is InChI=1S/C27H24N4O2/c1-32-17-16-31-18-24(21-12-14-28-15-13-21)27(30-31)33-19-20-6-8-23(9-7-20)26-11-10-22-4-2-3-5-25(22)29-26/h2-15,18H,16-17,19H2,1H3. The monoisotopic (exact) mass is 436 g/mol. The van der Waals surface area contributed by atoms with E-state index >= 15 is 0 Å². The van der Waals surface area contributed by atoms with E-state index in [0.717, 1.165) is 38.9 Å². The molecule has 0 aliphatic rings. The first kappa shape index (κ1) is 20.8. The molecule has 2 aromatic carbocycles. The number of rotatable bonds is 8. The fraction of sp³-hybridized carbons (Fsp3) is 0.148. The SMILES string of the molecule is COCCn1cc(-c2ccncc2)c(OCc2ccc(-c3ccc4ccccc4n3)cc2)n1. The van der Waals surface area contributed by atoms with Gasteiger partial charge in [0.15, 0.2) is 0 Å². The third-order valence-electron chi connectivity index (χ3n) is 5.47. The second-order valence-corrected chi connectivity index (χ2v) is 7.71. The van der Waals surface area contributed by atoms with Crippen molar-refractivity contribution in [3.63, 3.8) is 0 Å². The van der Waals surface area contributed by atoms with E-state index < -0.39 is 0 Å². The first-order valence-electron chi connectivity index (χ1n) is 10.8. The number of ether oxygens (including phenoxy) is 2. The van der Waals surface area contributed by atoms with Gasteiger partial charge in [0, 0.05) is 36.7 Å². The summed E-state index contributed by atoms with van der Waals surface area (Å²) in [5.74, 6) is 0.595. The molecule has 0 radical (unpaired) electrons. The van der Waals surface area contributed by atoms with Gasteiger partial charge in [-0.05, 0) is 35.4 Å². The molecule has 0 spiro atoms. The Hall–Kier alpha value is -4.03. The highest BCUT2D eigenvalue weighted by Gasteiger charge is 2.13. The van der Waals surface area contributed by atoms with E-state index in [1.165, 1.54) is 0 Å². The molecule has 33 heavy (non-hydrogen) atoms. The Morgan fingerprint density at radius 1 is 0.848 bits per heavy atom. The molecular weight excluding hydrogens is 412 g/mol. The highest BCUT2D eigenvalue weighted by Crippen LogP contribution is 2.29. The average molecular weight is 437 g/mol. The summed E-state index contributed by atoms with van der Waals surface area (Å²) in [5.41, 5.74) is 6.04. The van der Waals surface area contributed by atoms with Crippen LogP contribution in [0.1, 0.15) is 5.56 Å². The minimum Gasteiger partial charge on any atom is -0.471 e. The van der Waals surface area contributed by atoms with Gasteiger partial charge in [0.2, 0.25) is 5.88 Å². The van der Waals surface area contributed by atoms with Crippen molar-refractivity contribution in [3.05, 3.63) is 97.0 Å². The van der Waals surface area contributed by atoms with Crippen LogP contribution in [-0.4, -0.2) is 33.5 Å². The van der Waals surface area contributed by atoms with Crippen molar-refractivity contribution in [1.82, 2.24) is 19.7 Å². The van der Waals surface area contributed by atoms with E-state index in [1.807, 2.05) is 41.2 Å². The lowest BCUT2D eigenvalue weighted by atomic mass is 10.1. The van der Waals surface area contributed by atoms with Gasteiger partial charge in [-0.15, -0.1) is 5.10 Å². The summed E-state index contributed by atoms with van der Waals surface area (Å²) in [6.07, 6.45) is 5.52. The third-order valence-corrected chi connectivity index (χ3v) is 5.47. The number of nitrogens with zero attached hydrogens (tertiary/aromatic N) is 4. The maximum atomic E-state index is 6.13. The van der Waals surface area contributed by atoms with E-state index in [-0.39, 0.29) is 0 Å². The summed E-state index contributed by atoms with van der Waals surface area (Å²) in [6, 6.07) is 24.5. The Labute approximate surface area is 192 Å². The van der Waals surface area contributed by atoms with Crippen LogP contribution in [0, 0.1) is 0 Å². The lowest BCUT2D eigenvalue weighted by Gasteiger charge is -2.08. The summed E-state index contributed by atoms with van der Waals surface area (Å²) < 4.78 is 13.2. The van der Waals surface area contributed by atoms with Crippen LogP contribution in [0.4, 0.5) is 0 Å². The molecule has 0 aliphatic carbocycles. The molecule has 6 nitrogen and oxygen atoms in total. The van der Waals surface area contributed by atoms with Crippen molar-refractivity contribution in [3.8, 4) is 28.3 Å². The largest absolute Gasteiger partial charge is 0.471 e. The molecule has 0 bridgehead atoms. The molecule has 0 saturated carbocycles. The van der Waals surface area contributed by atoms with E-state index in [2.05, 4.69) is 52.5 Å². The second-order valence-electron chi connectivity index (χ2n) is 7.71. The Balaban J connectivity index is 1.33. The van der Waals surface area contributed by atoms with E-state index in [0.29, 0.717) is 25.6 Å². The van der Waals surface area contributed by atoms with Gasteiger partial charge < -0.3 is 9.47 Å². The van der Waals surface area contributed by atoms with Crippen LogP contribution in [0.2, 0.25) is 0 Å². The number of pyridine rings is 2. The zero-order valence-corrected chi connectivity index (χ0v) is 18.4. The highest BCUT2D eigenvalue weighted by molar-refractivity contribution is 5.81. The number of benzene rings is 2. The van der Waals surface area contributed by atoms with Gasteiger partial charge in [0.05, 0.1) is 29.9 Å². The molecule has 6 heteroatoms. The van der Waals surface area contributed by atoms with Crippen LogP contribution in [0.5, 0.6) is 5.88 Å². The van der Waals surface area contributed by atoms with Crippen LogP contribution >= 0.6 is 0 Å². The van der Waals surface area contributed by atoms with Crippen molar-refractivity contribution in [1.29, 1.82) is 0 Å². The van der Waals surface area contributed by atoms with Gasteiger partial charge in [-0.2, -0.15) is 0 Å². The number of fused-ring (bicyclic) bond motifs is 1. The van der Waals surface area contributed by atoms with Crippen LogP contribution in [0.25, 0.3) is 33.3 Å². The second kappa shape index (κ2) is 9.63. The normalized spacial score (nSPS) is 11.1. The Morgan fingerprint density at radius 2 is 1.67 bits per heavy atom. The van der Waals surface area contributed by atoms with E-state index in [4.69, 9.17) is 14.5 Å². The highest BCUT2D eigenvalue weighted by atomic mass is 16.5. The number of aromatic nitrogens is 4. The molecule has 3 aromatic heterocycles. The maximum Gasteiger partial charge on any atom is 0.241 e. The smallest absolute Gasteiger partial charge is 0.241 e. The van der Waals surface area contributed by atoms with Gasteiger partial charge in [0.25, 0.3) is 0 Å². The first-order valence-corrected chi connectivity index (χ1v) is 10.8. The van der Waals surface area contributed by atoms with Crippen molar-refractivity contribution >= 4 is 10.9 Å². The molecule has 5 rings (SSSR count). The number of para-hydroxylation sites is 1. The van der Waals surface area contributed by atoms with Crippen molar-refractivity contribution in [2.75, 3.05) is 13.7 Å². The minimum atomic E-state index is 0.421. The van der Waals surface area contributed by atoms with Gasteiger partial charge in [-0.25, -0.2) is 4.98 Å². The summed E-state index contributed by atoms with van der Waals surface area (Å²) >= 11 is 0. The molecule has 164 valence electrons. The average Bonchev–Trinajstić information content (AvgIpc) is 3.30. The summed E-state index contributed by atoms with van der Waals surface area (Å²) in [6.45, 7) is 1.66. The van der Waals surface area contributed by atoms with Crippen molar-refractivity contribution in [2.24, 2.45) is 0 Å².